The summed E-state index contributed by atoms with van der Waals surface area (Å²) in [7, 11) is 0. The van der Waals surface area contributed by atoms with Crippen LogP contribution in [0, 0.1) is 11.8 Å². The van der Waals surface area contributed by atoms with Crippen LogP contribution in [0.1, 0.15) is 95.9 Å². The number of allylic oxidation sites excluding steroid dienone is 2. The fourth-order valence-electron chi connectivity index (χ4n) is 12.5. The molecule has 1 nitrogen and oxygen atoms in total. The lowest BCUT2D eigenvalue weighted by Gasteiger charge is -2.51. The fraction of sp³-hybridized carbons (Fsp3) is 0.180. The summed E-state index contributed by atoms with van der Waals surface area (Å²) in [6, 6.07) is 66.3. The highest BCUT2D eigenvalue weighted by Gasteiger charge is 2.49. The van der Waals surface area contributed by atoms with Crippen LogP contribution in [0.5, 0.6) is 0 Å². The summed E-state index contributed by atoms with van der Waals surface area (Å²) < 4.78 is 0. The topological polar surface area (TPSA) is 3.24 Å². The Morgan fingerprint density at radius 1 is 0.516 bits per heavy atom. The smallest absolute Gasteiger partial charge is 0.0465 e. The van der Waals surface area contributed by atoms with Gasteiger partial charge in [0.15, 0.2) is 0 Å². The van der Waals surface area contributed by atoms with E-state index in [2.05, 4.69) is 219 Å². The Labute approximate surface area is 366 Å². The Bertz CT molecular complexity index is 3030. The first kappa shape index (κ1) is 37.1. The minimum Gasteiger partial charge on any atom is -0.310 e. The van der Waals surface area contributed by atoms with Gasteiger partial charge in [0.05, 0.1) is 0 Å². The Balaban J connectivity index is 0.890. The number of benzene rings is 8. The zero-order valence-electron chi connectivity index (χ0n) is 35.6. The highest BCUT2D eigenvalue weighted by atomic mass is 15.1. The first-order valence-corrected chi connectivity index (χ1v) is 22.9. The minimum absolute atomic E-state index is 0.0669. The van der Waals surface area contributed by atoms with Crippen LogP contribution in [-0.4, -0.2) is 0 Å². The number of hydrogen-bond acceptors (Lipinski definition) is 1. The van der Waals surface area contributed by atoms with Crippen LogP contribution in [0.2, 0.25) is 0 Å². The molecule has 4 atom stereocenters. The summed E-state index contributed by atoms with van der Waals surface area (Å²) in [5.74, 6) is 2.22. The molecule has 0 aliphatic heterocycles. The average molecular weight is 798 g/mol. The molecule has 0 saturated carbocycles. The van der Waals surface area contributed by atoms with E-state index in [-0.39, 0.29) is 5.41 Å². The molecule has 4 unspecified atom stereocenters. The molecule has 2 bridgehead atoms. The first-order valence-electron chi connectivity index (χ1n) is 22.9. The molecule has 0 spiro atoms. The summed E-state index contributed by atoms with van der Waals surface area (Å²) in [6.45, 7) is 4.74. The molecule has 5 aliphatic carbocycles. The lowest BCUT2D eigenvalue weighted by molar-refractivity contribution is 0.253. The second kappa shape index (κ2) is 14.7. The van der Waals surface area contributed by atoms with Crippen LogP contribution in [0.3, 0.4) is 0 Å². The molecule has 0 aromatic heterocycles. The standard InChI is InChI=1S/C61H51N/c1-3-61(4-2)57-37-40(28-33-49(57)50-36-32-45(39-58(50)61)62(43-17-7-5-8-18-43)44-19-9-6-10-20-44)27-29-41-30-34-47(48-22-12-11-21-46(41)48)42-31-35-55-56(38-42)60-53-25-15-13-23-51(53)59(55)52-24-14-16-26-54(52)60/h5-13,15-23,25-39,52,54,59-60H,3-4,14,24H2,1-2H3/b29-27+. The first-order chi connectivity index (χ1) is 30.6. The summed E-state index contributed by atoms with van der Waals surface area (Å²) >= 11 is 0. The molecular formula is C61H51N. The van der Waals surface area contributed by atoms with Crippen molar-refractivity contribution in [3.8, 4) is 22.3 Å². The summed E-state index contributed by atoms with van der Waals surface area (Å²) in [6.07, 6.45) is 14.2. The van der Waals surface area contributed by atoms with Crippen molar-refractivity contribution in [1.29, 1.82) is 0 Å². The van der Waals surface area contributed by atoms with Crippen molar-refractivity contribution in [3.05, 3.63) is 233 Å². The van der Waals surface area contributed by atoms with Gasteiger partial charge in [-0.1, -0.05) is 178 Å². The summed E-state index contributed by atoms with van der Waals surface area (Å²) in [5.41, 5.74) is 20.4. The average Bonchev–Trinajstić information content (AvgIpc) is 3.62. The van der Waals surface area contributed by atoms with Crippen molar-refractivity contribution >= 4 is 40.0 Å². The van der Waals surface area contributed by atoms with Crippen molar-refractivity contribution in [1.82, 2.24) is 0 Å². The molecule has 0 amide bonds. The Hall–Kier alpha value is -6.70. The molecule has 13 rings (SSSR count). The zero-order valence-corrected chi connectivity index (χ0v) is 35.6. The van der Waals surface area contributed by atoms with E-state index in [0.29, 0.717) is 23.7 Å². The predicted octanol–water partition coefficient (Wildman–Crippen LogP) is 16.4. The van der Waals surface area contributed by atoms with Crippen LogP contribution in [-0.2, 0) is 5.41 Å². The molecule has 5 aliphatic rings. The number of para-hydroxylation sites is 2. The van der Waals surface area contributed by atoms with Crippen molar-refractivity contribution < 1.29 is 0 Å². The number of nitrogens with zero attached hydrogens (tertiary/aromatic N) is 1. The maximum absolute atomic E-state index is 2.56. The maximum Gasteiger partial charge on any atom is 0.0465 e. The molecule has 8 aromatic carbocycles. The van der Waals surface area contributed by atoms with Gasteiger partial charge in [-0.05, 0) is 151 Å². The van der Waals surface area contributed by atoms with E-state index in [4.69, 9.17) is 0 Å². The second-order valence-corrected chi connectivity index (χ2v) is 18.1. The molecule has 62 heavy (non-hydrogen) atoms. The van der Waals surface area contributed by atoms with E-state index in [9.17, 15) is 0 Å². The summed E-state index contributed by atoms with van der Waals surface area (Å²) in [5, 5.41) is 2.60. The minimum atomic E-state index is -0.0669. The van der Waals surface area contributed by atoms with E-state index < -0.39 is 0 Å². The highest BCUT2D eigenvalue weighted by Crippen LogP contribution is 2.61. The third-order valence-corrected chi connectivity index (χ3v) is 15.3. The van der Waals surface area contributed by atoms with Gasteiger partial charge in [-0.3, -0.25) is 0 Å². The number of fused-ring (bicyclic) bond motifs is 4. The third-order valence-electron chi connectivity index (χ3n) is 15.3. The van der Waals surface area contributed by atoms with Gasteiger partial charge in [0.25, 0.3) is 0 Å². The van der Waals surface area contributed by atoms with Gasteiger partial charge in [0, 0.05) is 34.3 Å². The van der Waals surface area contributed by atoms with Gasteiger partial charge in [-0.2, -0.15) is 0 Å². The molecule has 0 fully saturated rings. The Morgan fingerprint density at radius 3 is 1.89 bits per heavy atom. The van der Waals surface area contributed by atoms with E-state index in [1.54, 1.807) is 22.3 Å². The number of anilines is 3. The van der Waals surface area contributed by atoms with Gasteiger partial charge < -0.3 is 4.90 Å². The molecule has 0 saturated heterocycles. The van der Waals surface area contributed by atoms with Gasteiger partial charge in [0.1, 0.15) is 0 Å². The molecule has 0 heterocycles. The van der Waals surface area contributed by atoms with Crippen molar-refractivity contribution in [2.75, 3.05) is 4.90 Å². The van der Waals surface area contributed by atoms with Crippen LogP contribution in [0.25, 0.3) is 45.2 Å². The van der Waals surface area contributed by atoms with E-state index in [0.717, 1.165) is 24.2 Å². The van der Waals surface area contributed by atoms with E-state index >= 15 is 0 Å². The van der Waals surface area contributed by atoms with Crippen LogP contribution >= 0.6 is 0 Å². The maximum atomic E-state index is 2.56. The monoisotopic (exact) mass is 797 g/mol. The van der Waals surface area contributed by atoms with Gasteiger partial charge in [-0.25, -0.2) is 0 Å². The van der Waals surface area contributed by atoms with Crippen LogP contribution < -0.4 is 4.90 Å². The summed E-state index contributed by atoms with van der Waals surface area (Å²) in [4.78, 5) is 2.39. The number of rotatable bonds is 8. The number of hydrogen-bond donors (Lipinski definition) is 0. The molecule has 300 valence electrons. The predicted molar refractivity (Wildman–Crippen MR) is 262 cm³/mol. The fourth-order valence-corrected chi connectivity index (χ4v) is 12.5. The Morgan fingerprint density at radius 2 is 1.15 bits per heavy atom. The molecular weight excluding hydrogens is 747 g/mol. The van der Waals surface area contributed by atoms with Crippen LogP contribution in [0.15, 0.2) is 188 Å². The molecule has 8 aromatic rings. The van der Waals surface area contributed by atoms with Crippen molar-refractivity contribution in [2.24, 2.45) is 11.8 Å². The van der Waals surface area contributed by atoms with Gasteiger partial charge in [-0.15, -0.1) is 0 Å². The molecule has 1 heteroatoms. The normalized spacial score (nSPS) is 19.8. The van der Waals surface area contributed by atoms with Crippen molar-refractivity contribution in [2.45, 2.75) is 56.8 Å². The lowest BCUT2D eigenvalue weighted by atomic mass is 9.52. The van der Waals surface area contributed by atoms with Crippen LogP contribution in [0.4, 0.5) is 17.1 Å². The zero-order chi connectivity index (χ0) is 41.4. The molecule has 0 radical (unpaired) electrons. The second-order valence-electron chi connectivity index (χ2n) is 18.1. The van der Waals surface area contributed by atoms with E-state index in [1.807, 2.05) is 0 Å². The SMILES string of the molecule is CCC1(CC)c2cc(/C=C/c3ccc(-c4ccc5c(c4)C4c6ccccc6C5C5CCC=CC45)c4ccccc34)ccc2-c2ccc(N(c3ccccc3)c3ccccc3)cc21. The van der Waals surface area contributed by atoms with Gasteiger partial charge in [0.2, 0.25) is 0 Å². The van der Waals surface area contributed by atoms with Gasteiger partial charge >= 0.3 is 0 Å². The largest absolute Gasteiger partial charge is 0.310 e. The quantitative estimate of drug-likeness (QED) is 0.109. The van der Waals surface area contributed by atoms with E-state index in [1.165, 1.54) is 73.8 Å². The lowest BCUT2D eigenvalue weighted by Crippen LogP contribution is -2.40. The highest BCUT2D eigenvalue weighted by molar-refractivity contribution is 6.02. The third kappa shape index (κ3) is 5.60. The molecule has 0 N–H and O–H groups in total. The Kier molecular flexibility index (Phi) is 8.82. The van der Waals surface area contributed by atoms with Crippen molar-refractivity contribution in [3.63, 3.8) is 0 Å².